The van der Waals surface area contributed by atoms with Gasteiger partial charge >= 0.3 is 8.56 Å². The zero-order valence-corrected chi connectivity index (χ0v) is 9.96. The second kappa shape index (κ2) is 7.46. The van der Waals surface area contributed by atoms with Crippen molar-refractivity contribution in [1.82, 2.24) is 0 Å². The topological polar surface area (TPSA) is 36.9 Å². The summed E-state index contributed by atoms with van der Waals surface area (Å²) in [5.74, 6) is 0. The lowest BCUT2D eigenvalue weighted by Crippen LogP contribution is -2.37. The molecule has 0 heterocycles. The largest absolute Gasteiger partial charge is 0.392 e. The minimum Gasteiger partial charge on any atom is -0.392 e. The highest BCUT2D eigenvalue weighted by Gasteiger charge is 2.23. The molecular formula is C8H20O4Si. The molecule has 0 unspecified atom stereocenters. The standard InChI is InChI=1S/C8H20O4Si/c1-9-5-7-11-13(3,4)12-8-6-10-2/h5-8H2,1-4H3. The summed E-state index contributed by atoms with van der Waals surface area (Å²) in [5.41, 5.74) is 0. The Morgan fingerprint density at radius 2 is 1.15 bits per heavy atom. The van der Waals surface area contributed by atoms with Crippen molar-refractivity contribution in [2.45, 2.75) is 13.1 Å². The van der Waals surface area contributed by atoms with Crippen molar-refractivity contribution in [2.24, 2.45) is 0 Å². The average molecular weight is 208 g/mol. The van der Waals surface area contributed by atoms with E-state index in [1.807, 2.05) is 13.1 Å². The fourth-order valence-electron chi connectivity index (χ4n) is 0.783. The van der Waals surface area contributed by atoms with Gasteiger partial charge in [0.2, 0.25) is 0 Å². The van der Waals surface area contributed by atoms with Crippen LogP contribution in [0.2, 0.25) is 13.1 Å². The first-order valence-electron chi connectivity index (χ1n) is 4.38. The maximum Gasteiger partial charge on any atom is 0.331 e. The van der Waals surface area contributed by atoms with Gasteiger partial charge in [0.15, 0.2) is 0 Å². The van der Waals surface area contributed by atoms with E-state index in [0.717, 1.165) is 0 Å². The first-order chi connectivity index (χ1) is 6.12. The van der Waals surface area contributed by atoms with Crippen LogP contribution in [0.4, 0.5) is 0 Å². The summed E-state index contributed by atoms with van der Waals surface area (Å²) in [7, 11) is 1.38. The molecule has 0 saturated heterocycles. The normalized spacial score (nSPS) is 12.0. The first-order valence-corrected chi connectivity index (χ1v) is 7.20. The molecule has 4 nitrogen and oxygen atoms in total. The van der Waals surface area contributed by atoms with Crippen LogP contribution in [0.5, 0.6) is 0 Å². The van der Waals surface area contributed by atoms with Gasteiger partial charge in [-0.25, -0.2) is 0 Å². The van der Waals surface area contributed by atoms with E-state index in [1.165, 1.54) is 0 Å². The van der Waals surface area contributed by atoms with Crippen molar-refractivity contribution in [1.29, 1.82) is 0 Å². The molecule has 0 bridgehead atoms. The second-order valence-electron chi connectivity index (χ2n) is 3.08. The van der Waals surface area contributed by atoms with Crippen molar-refractivity contribution >= 4 is 8.56 Å². The van der Waals surface area contributed by atoms with Crippen LogP contribution >= 0.6 is 0 Å². The van der Waals surface area contributed by atoms with Crippen LogP contribution in [-0.4, -0.2) is 49.2 Å². The molecule has 80 valence electrons. The van der Waals surface area contributed by atoms with Gasteiger partial charge in [0.1, 0.15) is 0 Å². The van der Waals surface area contributed by atoms with E-state index in [-0.39, 0.29) is 0 Å². The van der Waals surface area contributed by atoms with Gasteiger partial charge in [-0.3, -0.25) is 0 Å². The van der Waals surface area contributed by atoms with Crippen molar-refractivity contribution in [3.8, 4) is 0 Å². The summed E-state index contributed by atoms with van der Waals surface area (Å²) >= 11 is 0. The predicted molar refractivity (Wildman–Crippen MR) is 53.1 cm³/mol. The van der Waals surface area contributed by atoms with Gasteiger partial charge in [0, 0.05) is 14.2 Å². The Morgan fingerprint density at radius 3 is 1.46 bits per heavy atom. The number of ether oxygens (including phenoxy) is 2. The number of hydrogen-bond donors (Lipinski definition) is 0. The van der Waals surface area contributed by atoms with Crippen LogP contribution in [0, 0.1) is 0 Å². The van der Waals surface area contributed by atoms with Crippen LogP contribution in [0.25, 0.3) is 0 Å². The molecule has 13 heavy (non-hydrogen) atoms. The van der Waals surface area contributed by atoms with Gasteiger partial charge in [-0.15, -0.1) is 0 Å². The molecule has 0 saturated carbocycles. The highest BCUT2D eigenvalue weighted by Crippen LogP contribution is 2.05. The zero-order chi connectivity index (χ0) is 10.2. The zero-order valence-electron chi connectivity index (χ0n) is 8.96. The Labute approximate surface area is 81.4 Å². The molecule has 0 aliphatic carbocycles. The van der Waals surface area contributed by atoms with E-state index in [1.54, 1.807) is 14.2 Å². The molecule has 0 atom stereocenters. The molecular weight excluding hydrogens is 188 g/mol. The van der Waals surface area contributed by atoms with E-state index in [9.17, 15) is 0 Å². The van der Waals surface area contributed by atoms with E-state index in [4.69, 9.17) is 18.3 Å². The van der Waals surface area contributed by atoms with Gasteiger partial charge in [-0.2, -0.15) is 0 Å². The molecule has 0 fully saturated rings. The van der Waals surface area contributed by atoms with Gasteiger partial charge in [-0.1, -0.05) is 0 Å². The van der Waals surface area contributed by atoms with E-state index in [0.29, 0.717) is 26.4 Å². The number of rotatable bonds is 8. The summed E-state index contributed by atoms with van der Waals surface area (Å²) in [6, 6.07) is 0. The molecule has 0 N–H and O–H groups in total. The smallest absolute Gasteiger partial charge is 0.331 e. The van der Waals surface area contributed by atoms with Crippen LogP contribution < -0.4 is 0 Å². The Hall–Kier alpha value is 0.0569. The molecule has 0 spiro atoms. The lowest BCUT2D eigenvalue weighted by atomic mass is 10.8. The number of hydrogen-bond acceptors (Lipinski definition) is 4. The summed E-state index contributed by atoms with van der Waals surface area (Å²) < 4.78 is 20.9. The molecule has 0 amide bonds. The SMILES string of the molecule is COCCO[Si](C)(C)OCCOC. The molecule has 0 aromatic heterocycles. The Kier molecular flexibility index (Phi) is 7.49. The molecule has 0 aromatic carbocycles. The Morgan fingerprint density at radius 1 is 0.769 bits per heavy atom. The minimum atomic E-state index is -1.94. The maximum absolute atomic E-state index is 5.55. The van der Waals surface area contributed by atoms with Gasteiger partial charge in [-0.05, 0) is 13.1 Å². The lowest BCUT2D eigenvalue weighted by molar-refractivity contribution is 0.0913. The first kappa shape index (κ1) is 13.1. The fourth-order valence-corrected chi connectivity index (χ4v) is 2.02. The summed E-state index contributed by atoms with van der Waals surface area (Å²) in [6.45, 7) is 6.45. The molecule has 5 heteroatoms. The molecule has 0 aliphatic heterocycles. The number of methoxy groups -OCH3 is 2. The van der Waals surface area contributed by atoms with Gasteiger partial charge < -0.3 is 18.3 Å². The van der Waals surface area contributed by atoms with E-state index < -0.39 is 8.56 Å². The van der Waals surface area contributed by atoms with Crippen molar-refractivity contribution in [3.63, 3.8) is 0 Å². The van der Waals surface area contributed by atoms with Crippen LogP contribution in [0.3, 0.4) is 0 Å². The lowest BCUT2D eigenvalue weighted by Gasteiger charge is -2.22. The third-order valence-corrected chi connectivity index (χ3v) is 3.27. The fraction of sp³-hybridized carbons (Fsp3) is 1.00. The van der Waals surface area contributed by atoms with Crippen molar-refractivity contribution in [2.75, 3.05) is 40.6 Å². The minimum absolute atomic E-state index is 0.600. The van der Waals surface area contributed by atoms with Crippen LogP contribution in [0.15, 0.2) is 0 Å². The quantitative estimate of drug-likeness (QED) is 0.441. The molecule has 0 rings (SSSR count). The third kappa shape index (κ3) is 8.39. The second-order valence-corrected chi connectivity index (χ2v) is 6.46. The van der Waals surface area contributed by atoms with Crippen molar-refractivity contribution < 1.29 is 18.3 Å². The van der Waals surface area contributed by atoms with Crippen LogP contribution in [-0.2, 0) is 18.3 Å². The Bertz CT molecular complexity index is 107. The third-order valence-electron chi connectivity index (χ3n) is 1.47. The predicted octanol–water partition coefficient (Wildman–Crippen LogP) is 1.01. The van der Waals surface area contributed by atoms with Crippen molar-refractivity contribution in [3.05, 3.63) is 0 Å². The average Bonchev–Trinajstić information content (AvgIpc) is 2.05. The van der Waals surface area contributed by atoms with E-state index in [2.05, 4.69) is 0 Å². The maximum atomic E-state index is 5.55. The van der Waals surface area contributed by atoms with Crippen LogP contribution in [0.1, 0.15) is 0 Å². The Balaban J connectivity index is 3.42. The highest BCUT2D eigenvalue weighted by atomic mass is 28.4. The van der Waals surface area contributed by atoms with Gasteiger partial charge in [0.25, 0.3) is 0 Å². The molecule has 0 aliphatic rings. The summed E-state index contributed by atoms with van der Waals surface area (Å²) in [5, 5.41) is 0. The van der Waals surface area contributed by atoms with E-state index >= 15 is 0 Å². The summed E-state index contributed by atoms with van der Waals surface area (Å²) in [6.07, 6.45) is 0. The molecule has 0 aromatic rings. The van der Waals surface area contributed by atoms with Gasteiger partial charge in [0.05, 0.1) is 26.4 Å². The summed E-state index contributed by atoms with van der Waals surface area (Å²) in [4.78, 5) is 0. The molecule has 0 radical (unpaired) electrons. The highest BCUT2D eigenvalue weighted by molar-refractivity contribution is 6.64. The monoisotopic (exact) mass is 208 g/mol.